The minimum Gasteiger partial charge on any atom is -0.277 e. The van der Waals surface area contributed by atoms with Gasteiger partial charge in [0.2, 0.25) is 0 Å². The van der Waals surface area contributed by atoms with Crippen LogP contribution in [0.3, 0.4) is 0 Å². The number of rotatable bonds is 3. The van der Waals surface area contributed by atoms with Gasteiger partial charge in [0.15, 0.2) is 0 Å². The van der Waals surface area contributed by atoms with Crippen LogP contribution in [-0.2, 0) is 9.63 Å². The fourth-order valence-electron chi connectivity index (χ4n) is 0.879. The van der Waals surface area contributed by atoms with E-state index in [-0.39, 0.29) is 11.8 Å². The average Bonchev–Trinajstić information content (AvgIpc) is 2.51. The predicted molar refractivity (Wildman–Crippen MR) is 52.9 cm³/mol. The first-order chi connectivity index (χ1) is 6.15. The maximum Gasteiger partial charge on any atom is 0.251 e. The summed E-state index contributed by atoms with van der Waals surface area (Å²) in [6.45, 7) is 1.80. The van der Waals surface area contributed by atoms with Crippen molar-refractivity contribution in [2.24, 2.45) is 0 Å². The maximum atomic E-state index is 11.3. The molecule has 1 aromatic heterocycles. The third-order valence-electron chi connectivity index (χ3n) is 1.62. The molecule has 5 heteroatoms. The fourth-order valence-corrected chi connectivity index (χ4v) is 1.99. The first-order valence-electron chi connectivity index (χ1n) is 3.73. The van der Waals surface area contributed by atoms with Crippen molar-refractivity contribution < 1.29 is 9.63 Å². The van der Waals surface area contributed by atoms with Gasteiger partial charge in [0, 0.05) is 4.88 Å². The van der Waals surface area contributed by atoms with E-state index in [0.717, 1.165) is 4.88 Å². The lowest BCUT2D eigenvalue weighted by atomic mass is 10.1. The summed E-state index contributed by atoms with van der Waals surface area (Å²) in [6.07, 6.45) is 0. The molecule has 13 heavy (non-hydrogen) atoms. The highest BCUT2D eigenvalue weighted by molar-refractivity contribution is 7.16. The van der Waals surface area contributed by atoms with Crippen molar-refractivity contribution in [3.05, 3.63) is 21.3 Å². The average molecular weight is 220 g/mol. The van der Waals surface area contributed by atoms with E-state index in [0.29, 0.717) is 4.34 Å². The van der Waals surface area contributed by atoms with Crippen LogP contribution in [-0.4, -0.2) is 13.0 Å². The van der Waals surface area contributed by atoms with Crippen LogP contribution >= 0.6 is 22.9 Å². The smallest absolute Gasteiger partial charge is 0.251 e. The number of hydrogen-bond donors (Lipinski definition) is 1. The largest absolute Gasteiger partial charge is 0.277 e. The molecule has 3 nitrogen and oxygen atoms in total. The fraction of sp³-hybridized carbons (Fsp3) is 0.375. The van der Waals surface area contributed by atoms with Crippen LogP contribution in [0.1, 0.15) is 17.7 Å². The van der Waals surface area contributed by atoms with Crippen LogP contribution in [0.5, 0.6) is 0 Å². The van der Waals surface area contributed by atoms with Gasteiger partial charge in [-0.25, -0.2) is 5.48 Å². The number of nitrogens with one attached hydrogen (secondary N) is 1. The Kier molecular flexibility index (Phi) is 3.71. The lowest BCUT2D eigenvalue weighted by Crippen LogP contribution is -2.26. The van der Waals surface area contributed by atoms with E-state index in [4.69, 9.17) is 11.6 Å². The Morgan fingerprint density at radius 2 is 2.38 bits per heavy atom. The standard InChI is InChI=1S/C8H10ClNO2S/c1-5(8(11)10-12-2)6-3-4-7(9)13-6/h3-5H,1-2H3,(H,10,11). The summed E-state index contributed by atoms with van der Waals surface area (Å²) in [5.41, 5.74) is 2.28. The van der Waals surface area contributed by atoms with Crippen molar-refractivity contribution in [1.29, 1.82) is 0 Å². The van der Waals surface area contributed by atoms with Gasteiger partial charge in [-0.05, 0) is 19.1 Å². The SMILES string of the molecule is CONC(=O)C(C)c1ccc(Cl)s1. The first-order valence-corrected chi connectivity index (χ1v) is 4.92. The number of hydroxylamine groups is 1. The Bertz CT molecular complexity index is 300. The van der Waals surface area contributed by atoms with Gasteiger partial charge >= 0.3 is 0 Å². The molecule has 0 saturated carbocycles. The van der Waals surface area contributed by atoms with Crippen LogP contribution < -0.4 is 5.48 Å². The van der Waals surface area contributed by atoms with Gasteiger partial charge in [-0.2, -0.15) is 0 Å². The lowest BCUT2D eigenvalue weighted by Gasteiger charge is -2.07. The molecule has 1 N–H and O–H groups in total. The number of carbonyl (C=O) groups excluding carboxylic acids is 1. The van der Waals surface area contributed by atoms with Gasteiger partial charge in [-0.1, -0.05) is 11.6 Å². The number of hydrogen-bond acceptors (Lipinski definition) is 3. The van der Waals surface area contributed by atoms with Crippen molar-refractivity contribution in [3.63, 3.8) is 0 Å². The van der Waals surface area contributed by atoms with E-state index in [1.807, 2.05) is 6.07 Å². The number of carbonyl (C=O) groups is 1. The van der Waals surface area contributed by atoms with Crippen LogP contribution in [0.2, 0.25) is 4.34 Å². The van der Waals surface area contributed by atoms with Gasteiger partial charge < -0.3 is 0 Å². The molecule has 0 aliphatic carbocycles. The van der Waals surface area contributed by atoms with Gasteiger partial charge in [0.25, 0.3) is 5.91 Å². The van der Waals surface area contributed by atoms with Crippen molar-refractivity contribution >= 4 is 28.8 Å². The maximum absolute atomic E-state index is 11.3. The second-order valence-corrected chi connectivity index (χ2v) is 4.28. The van der Waals surface area contributed by atoms with Crippen molar-refractivity contribution in [3.8, 4) is 0 Å². The molecular formula is C8H10ClNO2S. The summed E-state index contributed by atoms with van der Waals surface area (Å²) < 4.78 is 0.687. The summed E-state index contributed by atoms with van der Waals surface area (Å²) in [5.74, 6) is -0.390. The van der Waals surface area contributed by atoms with E-state index in [9.17, 15) is 4.79 Å². The monoisotopic (exact) mass is 219 g/mol. The van der Waals surface area contributed by atoms with E-state index < -0.39 is 0 Å². The number of thiophene rings is 1. The van der Waals surface area contributed by atoms with E-state index in [1.54, 1.807) is 13.0 Å². The van der Waals surface area contributed by atoms with Crippen molar-refractivity contribution in [2.45, 2.75) is 12.8 Å². The van der Waals surface area contributed by atoms with E-state index >= 15 is 0 Å². The van der Waals surface area contributed by atoms with E-state index in [1.165, 1.54) is 18.4 Å². The van der Waals surface area contributed by atoms with Crippen molar-refractivity contribution in [2.75, 3.05) is 7.11 Å². The number of amides is 1. The molecular weight excluding hydrogens is 210 g/mol. The van der Waals surface area contributed by atoms with Crippen LogP contribution in [0.4, 0.5) is 0 Å². The Morgan fingerprint density at radius 1 is 1.69 bits per heavy atom. The van der Waals surface area contributed by atoms with Crippen LogP contribution in [0, 0.1) is 0 Å². The van der Waals surface area contributed by atoms with E-state index in [2.05, 4.69) is 10.3 Å². The molecule has 1 unspecified atom stereocenters. The summed E-state index contributed by atoms with van der Waals surface area (Å²) >= 11 is 7.14. The minimum absolute atomic E-state index is 0.166. The second kappa shape index (κ2) is 4.60. The molecule has 1 amide bonds. The van der Waals surface area contributed by atoms with Gasteiger partial charge in [0.05, 0.1) is 17.4 Å². The van der Waals surface area contributed by atoms with Gasteiger partial charge in [0.1, 0.15) is 0 Å². The zero-order valence-corrected chi connectivity index (χ0v) is 8.91. The zero-order valence-electron chi connectivity index (χ0n) is 7.33. The molecule has 0 saturated heterocycles. The molecule has 1 heterocycles. The molecule has 1 aromatic rings. The third-order valence-corrected chi connectivity index (χ3v) is 3.03. The molecule has 0 radical (unpaired) electrons. The summed E-state index contributed by atoms with van der Waals surface area (Å²) in [7, 11) is 1.41. The highest BCUT2D eigenvalue weighted by atomic mass is 35.5. The topological polar surface area (TPSA) is 38.3 Å². The Morgan fingerprint density at radius 3 is 2.85 bits per heavy atom. The Hall–Kier alpha value is -0.580. The Labute approximate surface area is 85.6 Å². The number of halogens is 1. The molecule has 0 aliphatic rings. The quantitative estimate of drug-likeness (QED) is 0.792. The molecule has 0 aromatic carbocycles. The normalized spacial score (nSPS) is 12.5. The van der Waals surface area contributed by atoms with Crippen molar-refractivity contribution in [1.82, 2.24) is 5.48 Å². The molecule has 72 valence electrons. The molecule has 0 bridgehead atoms. The lowest BCUT2D eigenvalue weighted by molar-refractivity contribution is -0.132. The molecule has 0 spiro atoms. The highest BCUT2D eigenvalue weighted by Gasteiger charge is 2.16. The van der Waals surface area contributed by atoms with Crippen LogP contribution in [0.15, 0.2) is 12.1 Å². The zero-order chi connectivity index (χ0) is 9.84. The second-order valence-electron chi connectivity index (χ2n) is 2.53. The summed E-state index contributed by atoms with van der Waals surface area (Å²) in [4.78, 5) is 16.7. The van der Waals surface area contributed by atoms with Gasteiger partial charge in [-0.15, -0.1) is 11.3 Å². The molecule has 1 atom stereocenters. The summed E-state index contributed by atoms with van der Waals surface area (Å²) in [5, 5.41) is 0. The summed E-state index contributed by atoms with van der Waals surface area (Å²) in [6, 6.07) is 3.62. The molecule has 0 aliphatic heterocycles. The first kappa shape index (κ1) is 10.5. The molecule has 1 rings (SSSR count). The highest BCUT2D eigenvalue weighted by Crippen LogP contribution is 2.27. The van der Waals surface area contributed by atoms with Crippen LogP contribution in [0.25, 0.3) is 0 Å². The van der Waals surface area contributed by atoms with Gasteiger partial charge in [-0.3, -0.25) is 9.63 Å². The predicted octanol–water partition coefficient (Wildman–Crippen LogP) is 2.18. The third kappa shape index (κ3) is 2.69. The Balaban J connectivity index is 2.67. The molecule has 0 fully saturated rings. The minimum atomic E-state index is -0.225.